The minimum Gasteiger partial charge on any atom is -0.301 e. The van der Waals surface area contributed by atoms with Crippen LogP contribution in [-0.2, 0) is 14.8 Å². The maximum absolute atomic E-state index is 12.7. The van der Waals surface area contributed by atoms with E-state index in [0.717, 1.165) is 17.7 Å². The van der Waals surface area contributed by atoms with Crippen LogP contribution in [0.5, 0.6) is 0 Å². The molecule has 0 bridgehead atoms. The van der Waals surface area contributed by atoms with Gasteiger partial charge in [-0.05, 0) is 37.3 Å². The zero-order valence-electron chi connectivity index (χ0n) is 15.9. The lowest BCUT2D eigenvalue weighted by molar-refractivity contribution is -0.117. The maximum atomic E-state index is 12.7. The molecule has 0 aliphatic rings. The lowest BCUT2D eigenvalue weighted by Crippen LogP contribution is -2.43. The van der Waals surface area contributed by atoms with Gasteiger partial charge in [-0.2, -0.15) is 4.72 Å². The number of nitrogens with one attached hydrogen (secondary N) is 2. The Kier molecular flexibility index (Phi) is 7.94. The summed E-state index contributed by atoms with van der Waals surface area (Å²) in [4.78, 5) is 18.2. The molecular weight excluding hydrogens is 382 g/mol. The summed E-state index contributed by atoms with van der Waals surface area (Å²) in [6.07, 6.45) is 4.90. The van der Waals surface area contributed by atoms with Crippen molar-refractivity contribution in [2.24, 2.45) is 0 Å². The second kappa shape index (κ2) is 9.96. The van der Waals surface area contributed by atoms with Gasteiger partial charge < -0.3 is 5.32 Å². The molecule has 2 N–H and O–H groups in total. The van der Waals surface area contributed by atoms with Crippen LogP contribution < -0.4 is 10.0 Å². The number of hydrogen-bond acceptors (Lipinski definition) is 5. The largest absolute Gasteiger partial charge is 0.301 e. The highest BCUT2D eigenvalue weighted by Crippen LogP contribution is 2.30. The van der Waals surface area contributed by atoms with Gasteiger partial charge in [-0.15, -0.1) is 11.3 Å². The molecule has 1 atom stereocenters. The molecule has 1 aromatic heterocycles. The molecule has 0 aliphatic heterocycles. The Morgan fingerprint density at radius 3 is 2.41 bits per heavy atom. The third-order valence-corrected chi connectivity index (χ3v) is 6.95. The van der Waals surface area contributed by atoms with Crippen LogP contribution in [0.25, 0.3) is 0 Å². The number of thiazole rings is 1. The summed E-state index contributed by atoms with van der Waals surface area (Å²) in [5.74, 6) is 0.0398. The average molecular weight is 410 g/mol. The van der Waals surface area contributed by atoms with E-state index in [4.69, 9.17) is 0 Å². The minimum absolute atomic E-state index is 0.143. The molecule has 8 heteroatoms. The van der Waals surface area contributed by atoms with Gasteiger partial charge >= 0.3 is 0 Å². The first kappa shape index (κ1) is 21.5. The summed E-state index contributed by atoms with van der Waals surface area (Å²) in [5, 5.41) is 3.27. The number of benzene rings is 1. The second-order valence-corrected chi connectivity index (χ2v) is 9.12. The number of nitrogens with zero attached hydrogens (tertiary/aromatic N) is 1. The van der Waals surface area contributed by atoms with Gasteiger partial charge in [0, 0.05) is 11.1 Å². The van der Waals surface area contributed by atoms with E-state index in [2.05, 4.69) is 28.9 Å². The molecule has 0 saturated heterocycles. The van der Waals surface area contributed by atoms with Crippen LogP contribution in [0.1, 0.15) is 57.2 Å². The molecule has 2 rings (SSSR count). The van der Waals surface area contributed by atoms with Crippen molar-refractivity contribution in [2.45, 2.75) is 63.3 Å². The molecule has 27 heavy (non-hydrogen) atoms. The lowest BCUT2D eigenvalue weighted by atomic mass is 10.0. The van der Waals surface area contributed by atoms with E-state index >= 15 is 0 Å². The molecular formula is C19H27N3O3S2. The number of carbonyl (C=O) groups excluding carboxylic acids is 1. The highest BCUT2D eigenvalue weighted by Gasteiger charge is 2.26. The number of rotatable bonds is 10. The molecule has 1 amide bonds. The van der Waals surface area contributed by atoms with Crippen LogP contribution >= 0.6 is 11.3 Å². The first-order chi connectivity index (χ1) is 12.9. The number of amides is 1. The summed E-state index contributed by atoms with van der Waals surface area (Å²) in [6, 6.07) is 7.21. The Morgan fingerprint density at radius 1 is 1.15 bits per heavy atom. The van der Waals surface area contributed by atoms with Crippen molar-refractivity contribution in [3.05, 3.63) is 41.4 Å². The third kappa shape index (κ3) is 5.85. The normalized spacial score (nSPS) is 12.9. The molecule has 2 aromatic rings. The number of carbonyl (C=O) groups is 1. The summed E-state index contributed by atoms with van der Waals surface area (Å²) in [5.41, 5.74) is 0. The highest BCUT2D eigenvalue weighted by atomic mass is 32.2. The average Bonchev–Trinajstić information content (AvgIpc) is 3.11. The molecule has 1 aromatic carbocycles. The third-order valence-electron chi connectivity index (χ3n) is 4.39. The van der Waals surface area contributed by atoms with Gasteiger partial charge in [-0.1, -0.05) is 45.4 Å². The van der Waals surface area contributed by atoms with Crippen molar-refractivity contribution in [3.8, 4) is 0 Å². The quantitative estimate of drug-likeness (QED) is 0.617. The van der Waals surface area contributed by atoms with Gasteiger partial charge in [-0.3, -0.25) is 4.79 Å². The Bertz CT molecular complexity index is 831. The Hall–Kier alpha value is -1.77. The molecule has 0 spiro atoms. The smallest absolute Gasteiger partial charge is 0.244 e. The summed E-state index contributed by atoms with van der Waals surface area (Å²) < 4.78 is 27.6. The Morgan fingerprint density at radius 2 is 1.81 bits per heavy atom. The number of sulfonamides is 1. The second-order valence-electron chi connectivity index (χ2n) is 6.35. The maximum Gasteiger partial charge on any atom is 0.244 e. The monoisotopic (exact) mass is 409 g/mol. The minimum atomic E-state index is -3.76. The van der Waals surface area contributed by atoms with Crippen molar-refractivity contribution < 1.29 is 13.2 Å². The van der Waals surface area contributed by atoms with E-state index in [1.54, 1.807) is 24.4 Å². The van der Waals surface area contributed by atoms with Crippen molar-refractivity contribution in [2.75, 3.05) is 5.32 Å². The number of aromatic nitrogens is 1. The van der Waals surface area contributed by atoms with Crippen LogP contribution in [0.4, 0.5) is 5.13 Å². The molecule has 0 radical (unpaired) electrons. The van der Waals surface area contributed by atoms with E-state index in [1.807, 2.05) is 6.92 Å². The van der Waals surface area contributed by atoms with E-state index < -0.39 is 16.1 Å². The fourth-order valence-electron chi connectivity index (χ4n) is 2.80. The van der Waals surface area contributed by atoms with Gasteiger partial charge in [-0.25, -0.2) is 13.4 Å². The first-order valence-electron chi connectivity index (χ1n) is 9.25. The first-order valence-corrected chi connectivity index (χ1v) is 11.5. The van der Waals surface area contributed by atoms with Crippen LogP contribution in [0, 0.1) is 0 Å². The molecule has 6 nitrogen and oxygen atoms in total. The summed E-state index contributed by atoms with van der Waals surface area (Å²) in [7, 11) is -3.76. The van der Waals surface area contributed by atoms with Gasteiger partial charge in [0.15, 0.2) is 5.13 Å². The van der Waals surface area contributed by atoms with Gasteiger partial charge in [0.1, 0.15) is 6.04 Å². The van der Waals surface area contributed by atoms with Crippen LogP contribution in [0.3, 0.4) is 0 Å². The predicted octanol–water partition coefficient (Wildman–Crippen LogP) is 4.13. The summed E-state index contributed by atoms with van der Waals surface area (Å²) in [6.45, 7) is 6.16. The summed E-state index contributed by atoms with van der Waals surface area (Å²) >= 11 is 1.45. The van der Waals surface area contributed by atoms with Crippen molar-refractivity contribution in [3.63, 3.8) is 0 Å². The van der Waals surface area contributed by atoms with E-state index in [-0.39, 0.29) is 10.8 Å². The molecule has 0 unspecified atom stereocenters. The predicted molar refractivity (Wildman–Crippen MR) is 110 cm³/mol. The van der Waals surface area contributed by atoms with Crippen molar-refractivity contribution >= 4 is 32.4 Å². The molecule has 1 heterocycles. The van der Waals surface area contributed by atoms with Crippen LogP contribution in [0.2, 0.25) is 0 Å². The van der Waals surface area contributed by atoms with Gasteiger partial charge in [0.25, 0.3) is 0 Å². The topological polar surface area (TPSA) is 88.2 Å². The lowest BCUT2D eigenvalue weighted by Gasteiger charge is -2.17. The standard InChI is InChI=1S/C19H27N3O3S2/c1-4-10-16(22-27(24,25)15-11-8-7-9-12-15)18(23)21-19-20-13-17(26-19)14(5-2)6-3/h7-9,11-14,16,22H,4-6,10H2,1-3H3,(H,20,21,23)/t16-/m0/s1. The Labute approximate surface area is 165 Å². The Balaban J connectivity index is 2.11. The zero-order chi connectivity index (χ0) is 19.9. The van der Waals surface area contributed by atoms with Gasteiger partial charge in [0.05, 0.1) is 4.90 Å². The number of anilines is 1. The fourth-order valence-corrected chi connectivity index (χ4v) is 5.14. The van der Waals surface area contributed by atoms with Crippen molar-refractivity contribution in [1.82, 2.24) is 9.71 Å². The van der Waals surface area contributed by atoms with Crippen LogP contribution in [0.15, 0.2) is 41.4 Å². The SMILES string of the molecule is CCC[C@H](NS(=O)(=O)c1ccccc1)C(=O)Nc1ncc(C(CC)CC)s1. The highest BCUT2D eigenvalue weighted by molar-refractivity contribution is 7.89. The molecule has 0 saturated carbocycles. The van der Waals surface area contributed by atoms with E-state index in [0.29, 0.717) is 23.9 Å². The molecule has 0 aliphatic carbocycles. The van der Waals surface area contributed by atoms with Crippen LogP contribution in [-0.4, -0.2) is 25.4 Å². The number of hydrogen-bond donors (Lipinski definition) is 2. The fraction of sp³-hybridized carbons (Fsp3) is 0.474. The van der Waals surface area contributed by atoms with E-state index in [1.165, 1.54) is 23.5 Å². The molecule has 148 valence electrons. The molecule has 0 fully saturated rings. The van der Waals surface area contributed by atoms with E-state index in [9.17, 15) is 13.2 Å². The van der Waals surface area contributed by atoms with Crippen molar-refractivity contribution in [1.29, 1.82) is 0 Å². The zero-order valence-corrected chi connectivity index (χ0v) is 17.6. The van der Waals surface area contributed by atoms with Gasteiger partial charge in [0.2, 0.25) is 15.9 Å².